The first-order chi connectivity index (χ1) is 7.39. The minimum atomic E-state index is -3.09. The molecule has 16 heavy (non-hydrogen) atoms. The van der Waals surface area contributed by atoms with Gasteiger partial charge in [0.15, 0.2) is 20.5 Å². The Morgan fingerprint density at radius 3 is 2.56 bits per heavy atom. The second-order valence-electron chi connectivity index (χ2n) is 3.77. The van der Waals surface area contributed by atoms with Gasteiger partial charge in [-0.1, -0.05) is 0 Å². The molecule has 0 amide bonds. The number of nitrogens with one attached hydrogen (secondary N) is 2. The fourth-order valence-electron chi connectivity index (χ4n) is 1.89. The Labute approximate surface area is 96.3 Å². The van der Waals surface area contributed by atoms with Crippen LogP contribution < -0.4 is 5.56 Å². The van der Waals surface area contributed by atoms with Crippen molar-refractivity contribution in [2.45, 2.75) is 12.3 Å². The molecule has 0 radical (unpaired) electrons. The summed E-state index contributed by atoms with van der Waals surface area (Å²) in [7, 11) is -3.09. The predicted molar refractivity (Wildman–Crippen MR) is 59.9 cm³/mol. The minimum Gasteiger partial charge on any atom is -0.494 e. The third kappa shape index (κ3) is 2.03. The van der Waals surface area contributed by atoms with Gasteiger partial charge in [0.1, 0.15) is 0 Å². The van der Waals surface area contributed by atoms with Gasteiger partial charge in [-0.15, -0.1) is 0 Å². The van der Waals surface area contributed by atoms with Gasteiger partial charge < -0.3 is 10.1 Å². The lowest BCUT2D eigenvalue weighted by Gasteiger charge is -2.08. The molecular formula is C8H10N2O4S2. The zero-order valence-electron chi connectivity index (χ0n) is 8.19. The fourth-order valence-corrected chi connectivity index (χ4v) is 3.83. The van der Waals surface area contributed by atoms with Crippen molar-refractivity contribution in [3.05, 3.63) is 20.7 Å². The highest BCUT2D eigenvalue weighted by Gasteiger charge is 2.32. The van der Waals surface area contributed by atoms with Crippen molar-refractivity contribution in [1.29, 1.82) is 0 Å². The predicted octanol–water partition coefficient (Wildman–Crippen LogP) is 0.0402. The molecule has 0 aliphatic carbocycles. The van der Waals surface area contributed by atoms with Gasteiger partial charge in [-0.05, 0) is 18.6 Å². The number of aromatic amines is 2. The van der Waals surface area contributed by atoms with E-state index < -0.39 is 21.3 Å². The average Bonchev–Trinajstić information content (AvgIpc) is 2.44. The SMILES string of the molecule is O=c1[nH]c(=S)[nH]c(O)c1C1CCS(=O)(=O)C1. The number of aromatic hydroxyl groups is 1. The molecule has 1 aliphatic rings. The van der Waals surface area contributed by atoms with E-state index in [1.54, 1.807) is 0 Å². The molecule has 0 spiro atoms. The van der Waals surface area contributed by atoms with Gasteiger partial charge in [0, 0.05) is 5.92 Å². The molecule has 1 saturated heterocycles. The smallest absolute Gasteiger partial charge is 0.259 e. The van der Waals surface area contributed by atoms with Gasteiger partial charge in [-0.2, -0.15) is 0 Å². The van der Waals surface area contributed by atoms with Crippen LogP contribution in [0.15, 0.2) is 4.79 Å². The summed E-state index contributed by atoms with van der Waals surface area (Å²) in [6.07, 6.45) is 0.351. The van der Waals surface area contributed by atoms with Crippen LogP contribution in [-0.4, -0.2) is 35.0 Å². The molecule has 1 fully saturated rings. The minimum absolute atomic E-state index is 0.0205. The summed E-state index contributed by atoms with van der Waals surface area (Å²) in [5, 5.41) is 9.57. The largest absolute Gasteiger partial charge is 0.494 e. The molecule has 1 atom stereocenters. The molecule has 1 aliphatic heterocycles. The summed E-state index contributed by atoms with van der Waals surface area (Å²) >= 11 is 4.68. The summed E-state index contributed by atoms with van der Waals surface area (Å²) < 4.78 is 22.6. The Morgan fingerprint density at radius 1 is 1.38 bits per heavy atom. The van der Waals surface area contributed by atoms with Crippen molar-refractivity contribution in [3.8, 4) is 5.88 Å². The average molecular weight is 262 g/mol. The molecule has 88 valence electrons. The zero-order chi connectivity index (χ0) is 11.9. The quantitative estimate of drug-likeness (QED) is 0.620. The fraction of sp³-hybridized carbons (Fsp3) is 0.500. The topological polar surface area (TPSA) is 103 Å². The molecule has 1 aromatic rings. The summed E-state index contributed by atoms with van der Waals surface area (Å²) in [5.74, 6) is -0.850. The highest BCUT2D eigenvalue weighted by molar-refractivity contribution is 7.91. The van der Waals surface area contributed by atoms with E-state index in [1.807, 2.05) is 0 Å². The van der Waals surface area contributed by atoms with Gasteiger partial charge >= 0.3 is 0 Å². The summed E-state index contributed by atoms with van der Waals surface area (Å²) in [6.45, 7) is 0. The lowest BCUT2D eigenvalue weighted by molar-refractivity contribution is 0.436. The Bertz CT molecular complexity index is 628. The third-order valence-corrected chi connectivity index (χ3v) is 4.57. The molecule has 8 heteroatoms. The normalized spacial score (nSPS) is 23.4. The highest BCUT2D eigenvalue weighted by atomic mass is 32.2. The highest BCUT2D eigenvalue weighted by Crippen LogP contribution is 2.30. The van der Waals surface area contributed by atoms with E-state index in [4.69, 9.17) is 0 Å². The first kappa shape index (κ1) is 11.3. The maximum absolute atomic E-state index is 11.6. The van der Waals surface area contributed by atoms with Crippen molar-refractivity contribution in [1.82, 2.24) is 9.97 Å². The van der Waals surface area contributed by atoms with Crippen molar-refractivity contribution < 1.29 is 13.5 Å². The van der Waals surface area contributed by atoms with Crippen LogP contribution in [0.2, 0.25) is 0 Å². The number of hydrogen-bond acceptors (Lipinski definition) is 5. The van der Waals surface area contributed by atoms with E-state index in [1.165, 1.54) is 0 Å². The molecule has 6 nitrogen and oxygen atoms in total. The Balaban J connectivity index is 2.51. The van der Waals surface area contributed by atoms with Crippen LogP contribution >= 0.6 is 12.2 Å². The monoisotopic (exact) mass is 262 g/mol. The summed E-state index contributed by atoms with van der Waals surface area (Å²) in [6, 6.07) is 0. The van der Waals surface area contributed by atoms with Crippen LogP contribution in [0.1, 0.15) is 17.9 Å². The van der Waals surface area contributed by atoms with Gasteiger partial charge in [-0.25, -0.2) is 8.42 Å². The van der Waals surface area contributed by atoms with Gasteiger partial charge in [-0.3, -0.25) is 9.78 Å². The number of hydrogen-bond donors (Lipinski definition) is 3. The van der Waals surface area contributed by atoms with Crippen LogP contribution in [-0.2, 0) is 9.84 Å². The van der Waals surface area contributed by atoms with E-state index in [0.29, 0.717) is 6.42 Å². The first-order valence-electron chi connectivity index (χ1n) is 4.65. The van der Waals surface area contributed by atoms with Crippen LogP contribution in [0.3, 0.4) is 0 Å². The van der Waals surface area contributed by atoms with Crippen LogP contribution in [0.25, 0.3) is 0 Å². The van der Waals surface area contributed by atoms with E-state index in [9.17, 15) is 18.3 Å². The van der Waals surface area contributed by atoms with Crippen molar-refractivity contribution in [2.24, 2.45) is 0 Å². The van der Waals surface area contributed by atoms with E-state index >= 15 is 0 Å². The third-order valence-electron chi connectivity index (χ3n) is 2.60. The summed E-state index contributed by atoms with van der Waals surface area (Å²) in [5.41, 5.74) is -0.446. The number of H-pyrrole nitrogens is 2. The van der Waals surface area contributed by atoms with Crippen LogP contribution in [0.4, 0.5) is 0 Å². The first-order valence-corrected chi connectivity index (χ1v) is 6.88. The zero-order valence-corrected chi connectivity index (χ0v) is 9.82. The molecular weight excluding hydrogens is 252 g/mol. The lowest BCUT2D eigenvalue weighted by Crippen LogP contribution is -2.18. The van der Waals surface area contributed by atoms with Gasteiger partial charge in [0.2, 0.25) is 0 Å². The van der Waals surface area contributed by atoms with Gasteiger partial charge in [0.05, 0.1) is 17.1 Å². The Kier molecular flexibility index (Phi) is 2.62. The second kappa shape index (κ2) is 3.70. The lowest BCUT2D eigenvalue weighted by atomic mass is 10.0. The number of sulfone groups is 1. The number of aromatic nitrogens is 2. The maximum Gasteiger partial charge on any atom is 0.259 e. The standard InChI is InChI=1S/C8H10N2O4S2/c11-6-5(7(12)10-8(15)9-6)4-1-2-16(13,14)3-4/h4H,1-3H2,(H3,9,10,11,12,15). The van der Waals surface area contributed by atoms with E-state index in [-0.39, 0.29) is 27.7 Å². The molecule has 0 aromatic carbocycles. The number of rotatable bonds is 1. The molecule has 2 rings (SSSR count). The van der Waals surface area contributed by atoms with Crippen LogP contribution in [0.5, 0.6) is 5.88 Å². The van der Waals surface area contributed by atoms with Crippen molar-refractivity contribution in [3.63, 3.8) is 0 Å². The maximum atomic E-state index is 11.6. The Morgan fingerprint density at radius 2 is 2.06 bits per heavy atom. The molecule has 3 N–H and O–H groups in total. The molecule has 0 bridgehead atoms. The molecule has 1 unspecified atom stereocenters. The van der Waals surface area contributed by atoms with Crippen LogP contribution in [0, 0.1) is 4.77 Å². The van der Waals surface area contributed by atoms with E-state index in [0.717, 1.165) is 0 Å². The van der Waals surface area contributed by atoms with Crippen molar-refractivity contribution in [2.75, 3.05) is 11.5 Å². The molecule has 1 aromatic heterocycles. The summed E-state index contributed by atoms with van der Waals surface area (Å²) in [4.78, 5) is 16.3. The Hall–Kier alpha value is -1.15. The van der Waals surface area contributed by atoms with Crippen molar-refractivity contribution >= 4 is 22.1 Å². The van der Waals surface area contributed by atoms with E-state index in [2.05, 4.69) is 22.2 Å². The molecule has 2 heterocycles. The molecule has 0 saturated carbocycles. The second-order valence-corrected chi connectivity index (χ2v) is 6.41. The van der Waals surface area contributed by atoms with Gasteiger partial charge in [0.25, 0.3) is 5.56 Å².